The summed E-state index contributed by atoms with van der Waals surface area (Å²) in [6.45, 7) is 11.0. The molecule has 1 aliphatic carbocycles. The Balaban J connectivity index is 3.07. The van der Waals surface area contributed by atoms with Crippen molar-refractivity contribution >= 4 is 0 Å². The van der Waals surface area contributed by atoms with Crippen molar-refractivity contribution in [3.05, 3.63) is 24.0 Å². The lowest BCUT2D eigenvalue weighted by molar-refractivity contribution is 0.113. The van der Waals surface area contributed by atoms with Gasteiger partial charge in [-0.15, -0.1) is 0 Å². The van der Waals surface area contributed by atoms with Crippen LogP contribution in [0.15, 0.2) is 24.0 Å². The Bertz CT molecular complexity index is 260. The maximum absolute atomic E-state index is 9.93. The average molecular weight is 194 g/mol. The van der Waals surface area contributed by atoms with E-state index in [9.17, 15) is 5.11 Å². The molecule has 0 spiro atoms. The van der Waals surface area contributed by atoms with E-state index in [-0.39, 0.29) is 11.3 Å². The summed E-state index contributed by atoms with van der Waals surface area (Å²) in [5, 5.41) is 9.93. The molecule has 0 aromatic heterocycles. The standard InChI is InChI=1S/C13H22O/c1-9(2)12-11(14)7-6-8-13(12,5)10(3)4/h6-10,12,14H,1-5H3. The molecule has 0 saturated heterocycles. The first-order chi connectivity index (χ1) is 6.39. The van der Waals surface area contributed by atoms with E-state index < -0.39 is 0 Å². The molecule has 0 aromatic rings. The SMILES string of the molecule is CC(C)C1C(O)=CC=CC1(C)C(C)C. The van der Waals surface area contributed by atoms with Gasteiger partial charge in [0.25, 0.3) is 0 Å². The molecule has 80 valence electrons. The van der Waals surface area contributed by atoms with E-state index in [0.717, 1.165) is 0 Å². The molecule has 0 aromatic carbocycles. The second-order valence-corrected chi connectivity index (χ2v) is 5.19. The van der Waals surface area contributed by atoms with Crippen molar-refractivity contribution in [3.63, 3.8) is 0 Å². The van der Waals surface area contributed by atoms with Gasteiger partial charge in [0.2, 0.25) is 0 Å². The summed E-state index contributed by atoms with van der Waals surface area (Å²) in [6.07, 6.45) is 6.05. The highest BCUT2D eigenvalue weighted by atomic mass is 16.3. The minimum absolute atomic E-state index is 0.0903. The Hall–Kier alpha value is -0.720. The molecule has 0 aliphatic heterocycles. The van der Waals surface area contributed by atoms with Crippen molar-refractivity contribution in [1.82, 2.24) is 0 Å². The van der Waals surface area contributed by atoms with Crippen LogP contribution in [0.3, 0.4) is 0 Å². The Morgan fingerprint density at radius 2 is 1.86 bits per heavy atom. The lowest BCUT2D eigenvalue weighted by atomic mass is 9.63. The first-order valence-corrected chi connectivity index (χ1v) is 5.48. The quantitative estimate of drug-likeness (QED) is 0.706. The minimum Gasteiger partial charge on any atom is -0.512 e. The Morgan fingerprint density at radius 3 is 2.21 bits per heavy atom. The van der Waals surface area contributed by atoms with E-state index in [1.807, 2.05) is 12.2 Å². The van der Waals surface area contributed by atoms with Gasteiger partial charge >= 0.3 is 0 Å². The Labute approximate surface area is 87.5 Å². The molecule has 0 radical (unpaired) electrons. The van der Waals surface area contributed by atoms with Gasteiger partial charge in [-0.05, 0) is 23.3 Å². The zero-order valence-corrected chi connectivity index (χ0v) is 9.91. The van der Waals surface area contributed by atoms with Crippen LogP contribution in [-0.4, -0.2) is 5.11 Å². The van der Waals surface area contributed by atoms with Crippen LogP contribution in [0, 0.1) is 23.2 Å². The predicted octanol–water partition coefficient (Wildman–Crippen LogP) is 3.93. The summed E-state index contributed by atoms with van der Waals surface area (Å²) in [5.41, 5.74) is 0.0903. The minimum atomic E-state index is 0.0903. The molecule has 14 heavy (non-hydrogen) atoms. The third-order valence-corrected chi connectivity index (χ3v) is 3.62. The fourth-order valence-electron chi connectivity index (χ4n) is 2.49. The van der Waals surface area contributed by atoms with E-state index in [1.165, 1.54) is 0 Å². The van der Waals surface area contributed by atoms with Gasteiger partial charge in [0, 0.05) is 5.92 Å². The smallest absolute Gasteiger partial charge is 0.0964 e. The van der Waals surface area contributed by atoms with Crippen molar-refractivity contribution in [2.75, 3.05) is 0 Å². The fourth-order valence-corrected chi connectivity index (χ4v) is 2.49. The van der Waals surface area contributed by atoms with Gasteiger partial charge in [0.05, 0.1) is 5.76 Å². The van der Waals surface area contributed by atoms with Crippen LogP contribution in [0.1, 0.15) is 34.6 Å². The van der Waals surface area contributed by atoms with E-state index in [1.54, 1.807) is 0 Å². The van der Waals surface area contributed by atoms with Gasteiger partial charge in [-0.2, -0.15) is 0 Å². The van der Waals surface area contributed by atoms with Gasteiger partial charge in [-0.1, -0.05) is 46.8 Å². The van der Waals surface area contributed by atoms with Crippen molar-refractivity contribution in [2.45, 2.75) is 34.6 Å². The summed E-state index contributed by atoms with van der Waals surface area (Å²) in [5.74, 6) is 1.82. The highest BCUT2D eigenvalue weighted by molar-refractivity contribution is 5.23. The van der Waals surface area contributed by atoms with Gasteiger partial charge in [0.15, 0.2) is 0 Å². The third-order valence-electron chi connectivity index (χ3n) is 3.62. The van der Waals surface area contributed by atoms with E-state index in [0.29, 0.717) is 17.6 Å². The van der Waals surface area contributed by atoms with Crippen LogP contribution in [-0.2, 0) is 0 Å². The van der Waals surface area contributed by atoms with Crippen LogP contribution >= 0.6 is 0 Å². The van der Waals surface area contributed by atoms with Gasteiger partial charge in [0.1, 0.15) is 0 Å². The van der Waals surface area contributed by atoms with Crippen LogP contribution in [0.5, 0.6) is 0 Å². The monoisotopic (exact) mass is 194 g/mol. The number of allylic oxidation sites excluding steroid dienone is 4. The third kappa shape index (κ3) is 1.73. The van der Waals surface area contributed by atoms with E-state index >= 15 is 0 Å². The molecular formula is C13H22O. The molecule has 2 atom stereocenters. The molecule has 0 saturated carbocycles. The van der Waals surface area contributed by atoms with Crippen LogP contribution < -0.4 is 0 Å². The predicted molar refractivity (Wildman–Crippen MR) is 61.1 cm³/mol. The molecule has 1 N–H and O–H groups in total. The normalized spacial score (nSPS) is 32.5. The number of hydrogen-bond donors (Lipinski definition) is 1. The lowest BCUT2D eigenvalue weighted by Gasteiger charge is -2.42. The molecule has 0 bridgehead atoms. The lowest BCUT2D eigenvalue weighted by Crippen LogP contribution is -2.36. The summed E-state index contributed by atoms with van der Waals surface area (Å²) in [7, 11) is 0. The van der Waals surface area contributed by atoms with E-state index in [2.05, 4.69) is 40.7 Å². The Kier molecular flexibility index (Phi) is 3.08. The molecule has 2 unspecified atom stereocenters. The van der Waals surface area contributed by atoms with Crippen LogP contribution in [0.4, 0.5) is 0 Å². The molecule has 1 nitrogen and oxygen atoms in total. The summed E-state index contributed by atoms with van der Waals surface area (Å²) < 4.78 is 0. The molecule has 0 fully saturated rings. The zero-order chi connectivity index (χ0) is 10.9. The van der Waals surface area contributed by atoms with E-state index in [4.69, 9.17) is 0 Å². The molecule has 1 heteroatoms. The largest absolute Gasteiger partial charge is 0.512 e. The highest BCUT2D eigenvalue weighted by Crippen LogP contribution is 2.46. The topological polar surface area (TPSA) is 20.2 Å². The molecule has 1 aliphatic rings. The maximum Gasteiger partial charge on any atom is 0.0964 e. The van der Waals surface area contributed by atoms with Crippen molar-refractivity contribution in [2.24, 2.45) is 23.2 Å². The van der Waals surface area contributed by atoms with Gasteiger partial charge in [-0.25, -0.2) is 0 Å². The molecule has 1 rings (SSSR count). The summed E-state index contributed by atoms with van der Waals surface area (Å²) in [4.78, 5) is 0. The van der Waals surface area contributed by atoms with Crippen LogP contribution in [0.25, 0.3) is 0 Å². The molecule has 0 amide bonds. The first-order valence-electron chi connectivity index (χ1n) is 5.48. The van der Waals surface area contributed by atoms with Crippen molar-refractivity contribution in [1.29, 1.82) is 0 Å². The fraction of sp³-hybridized carbons (Fsp3) is 0.692. The van der Waals surface area contributed by atoms with Gasteiger partial charge in [-0.3, -0.25) is 0 Å². The second kappa shape index (κ2) is 3.80. The van der Waals surface area contributed by atoms with Crippen molar-refractivity contribution in [3.8, 4) is 0 Å². The zero-order valence-electron chi connectivity index (χ0n) is 9.91. The summed E-state index contributed by atoms with van der Waals surface area (Å²) in [6, 6.07) is 0. The highest BCUT2D eigenvalue weighted by Gasteiger charge is 2.40. The van der Waals surface area contributed by atoms with Crippen molar-refractivity contribution < 1.29 is 5.11 Å². The number of rotatable bonds is 2. The van der Waals surface area contributed by atoms with Crippen LogP contribution in [0.2, 0.25) is 0 Å². The average Bonchev–Trinajstić information content (AvgIpc) is 2.02. The Morgan fingerprint density at radius 1 is 1.29 bits per heavy atom. The molecular weight excluding hydrogens is 172 g/mol. The van der Waals surface area contributed by atoms with Gasteiger partial charge < -0.3 is 5.11 Å². The number of aliphatic hydroxyl groups is 1. The second-order valence-electron chi connectivity index (χ2n) is 5.19. The molecule has 0 heterocycles. The number of hydrogen-bond acceptors (Lipinski definition) is 1. The summed E-state index contributed by atoms with van der Waals surface area (Å²) >= 11 is 0. The maximum atomic E-state index is 9.93. The first kappa shape index (κ1) is 11.4. The number of aliphatic hydroxyl groups excluding tert-OH is 1.